The number of aryl methyl sites for hydroxylation is 1. The summed E-state index contributed by atoms with van der Waals surface area (Å²) in [6.45, 7) is 5.60. The van der Waals surface area contributed by atoms with Crippen LogP contribution >= 0.6 is 22.6 Å². The highest BCUT2D eigenvalue weighted by Gasteiger charge is 2.09. The lowest BCUT2D eigenvalue weighted by molar-refractivity contribution is -0.141. The lowest BCUT2D eigenvalue weighted by Crippen LogP contribution is -2.26. The molecule has 0 atom stereocenters. The molecule has 0 aromatic carbocycles. The Hall–Kier alpha value is -0.470. The smallest absolute Gasteiger partial charge is 0.266 e. The van der Waals surface area contributed by atoms with Gasteiger partial charge in [0.1, 0.15) is 0 Å². The maximum absolute atomic E-state index is 11.7. The van der Waals surface area contributed by atoms with E-state index in [0.29, 0.717) is 29.7 Å². The van der Waals surface area contributed by atoms with Crippen molar-refractivity contribution in [3.8, 4) is 0 Å². The molecule has 1 rings (SSSR count). The van der Waals surface area contributed by atoms with Gasteiger partial charge in [-0.15, -0.1) is 0 Å². The molecule has 0 saturated carbocycles. The first kappa shape index (κ1) is 14.6. The van der Waals surface area contributed by atoms with Crippen molar-refractivity contribution in [2.75, 3.05) is 13.2 Å². The molecule has 0 spiro atoms. The van der Waals surface area contributed by atoms with Crippen LogP contribution in [0.25, 0.3) is 0 Å². The fraction of sp³-hybridized carbons (Fsp3) is 0.636. The SMILES string of the molecule is CCOC(CCn1cncc(I)c1=O)OCC. The summed E-state index contributed by atoms with van der Waals surface area (Å²) in [5, 5.41) is 0. The average molecular weight is 352 g/mol. The quantitative estimate of drug-likeness (QED) is 0.553. The first-order chi connectivity index (χ1) is 8.19. The first-order valence-electron chi connectivity index (χ1n) is 5.62. The third-order valence-electron chi connectivity index (χ3n) is 2.17. The van der Waals surface area contributed by atoms with E-state index < -0.39 is 0 Å². The van der Waals surface area contributed by atoms with Crippen molar-refractivity contribution in [3.05, 3.63) is 26.4 Å². The largest absolute Gasteiger partial charge is 0.353 e. The molecule has 0 aliphatic carbocycles. The molecule has 0 bridgehead atoms. The summed E-state index contributed by atoms with van der Waals surface area (Å²) in [4.78, 5) is 15.7. The van der Waals surface area contributed by atoms with Crippen LogP contribution in [0.4, 0.5) is 0 Å². The van der Waals surface area contributed by atoms with Crippen LogP contribution in [0.15, 0.2) is 17.3 Å². The summed E-state index contributed by atoms with van der Waals surface area (Å²) >= 11 is 1.98. The minimum absolute atomic E-state index is 0.0210. The number of hydrogen-bond acceptors (Lipinski definition) is 4. The highest BCUT2D eigenvalue weighted by molar-refractivity contribution is 14.1. The second-order valence-electron chi connectivity index (χ2n) is 3.37. The zero-order valence-corrected chi connectivity index (χ0v) is 12.2. The van der Waals surface area contributed by atoms with E-state index in [1.807, 2.05) is 36.4 Å². The topological polar surface area (TPSA) is 53.4 Å². The van der Waals surface area contributed by atoms with E-state index in [9.17, 15) is 4.79 Å². The summed E-state index contributed by atoms with van der Waals surface area (Å²) in [6, 6.07) is 0. The van der Waals surface area contributed by atoms with Crippen LogP contribution in [0.2, 0.25) is 0 Å². The molecule has 0 N–H and O–H groups in total. The molecule has 0 radical (unpaired) electrons. The summed E-state index contributed by atoms with van der Waals surface area (Å²) < 4.78 is 13.0. The fourth-order valence-electron chi connectivity index (χ4n) is 1.41. The van der Waals surface area contributed by atoms with Crippen molar-refractivity contribution in [2.45, 2.75) is 33.1 Å². The van der Waals surface area contributed by atoms with Crippen LogP contribution in [0.1, 0.15) is 20.3 Å². The highest BCUT2D eigenvalue weighted by atomic mass is 127. The average Bonchev–Trinajstić information content (AvgIpc) is 2.31. The normalized spacial score (nSPS) is 11.1. The van der Waals surface area contributed by atoms with Crippen LogP contribution in [0, 0.1) is 3.57 Å². The monoisotopic (exact) mass is 352 g/mol. The second-order valence-corrected chi connectivity index (χ2v) is 4.53. The molecule has 0 unspecified atom stereocenters. The Bertz CT molecular complexity index is 389. The molecular weight excluding hydrogens is 335 g/mol. The molecule has 96 valence electrons. The molecule has 0 amide bonds. The lowest BCUT2D eigenvalue weighted by atomic mass is 10.4. The molecule has 1 heterocycles. The summed E-state index contributed by atoms with van der Waals surface area (Å²) in [5.41, 5.74) is -0.0210. The summed E-state index contributed by atoms with van der Waals surface area (Å²) in [5.74, 6) is 0. The van der Waals surface area contributed by atoms with Gasteiger partial charge in [0.2, 0.25) is 0 Å². The first-order valence-corrected chi connectivity index (χ1v) is 6.70. The van der Waals surface area contributed by atoms with Gasteiger partial charge in [0, 0.05) is 32.4 Å². The van der Waals surface area contributed by atoms with Gasteiger partial charge in [-0.2, -0.15) is 0 Å². The van der Waals surface area contributed by atoms with E-state index in [2.05, 4.69) is 4.98 Å². The van der Waals surface area contributed by atoms with Gasteiger partial charge in [0.15, 0.2) is 6.29 Å². The van der Waals surface area contributed by atoms with E-state index in [1.54, 1.807) is 17.1 Å². The lowest BCUT2D eigenvalue weighted by Gasteiger charge is -2.17. The molecule has 1 aromatic rings. The van der Waals surface area contributed by atoms with Crippen LogP contribution in [-0.2, 0) is 16.0 Å². The van der Waals surface area contributed by atoms with Gasteiger partial charge in [-0.3, -0.25) is 9.36 Å². The predicted molar refractivity (Wildman–Crippen MR) is 72.9 cm³/mol. The van der Waals surface area contributed by atoms with Crippen LogP contribution in [0.3, 0.4) is 0 Å². The van der Waals surface area contributed by atoms with Crippen molar-refractivity contribution in [2.24, 2.45) is 0 Å². The van der Waals surface area contributed by atoms with E-state index in [0.717, 1.165) is 0 Å². The maximum Gasteiger partial charge on any atom is 0.266 e. The zero-order valence-electron chi connectivity index (χ0n) is 10.1. The second kappa shape index (κ2) is 7.78. The summed E-state index contributed by atoms with van der Waals surface area (Å²) in [7, 11) is 0. The number of hydrogen-bond donors (Lipinski definition) is 0. The van der Waals surface area contributed by atoms with Crippen molar-refractivity contribution in [1.82, 2.24) is 9.55 Å². The third-order valence-corrected chi connectivity index (χ3v) is 2.91. The molecule has 17 heavy (non-hydrogen) atoms. The van der Waals surface area contributed by atoms with Gasteiger partial charge in [-0.05, 0) is 36.4 Å². The minimum atomic E-state index is -0.255. The predicted octanol–water partition coefficient (Wildman–Crippen LogP) is 1.64. The van der Waals surface area contributed by atoms with Gasteiger partial charge in [-0.25, -0.2) is 4.98 Å². The van der Waals surface area contributed by atoms with Crippen LogP contribution < -0.4 is 5.56 Å². The minimum Gasteiger partial charge on any atom is -0.353 e. The molecule has 1 aromatic heterocycles. The molecule has 6 heteroatoms. The van der Waals surface area contributed by atoms with Crippen molar-refractivity contribution >= 4 is 22.6 Å². The van der Waals surface area contributed by atoms with E-state index in [1.165, 1.54) is 0 Å². The van der Waals surface area contributed by atoms with Gasteiger partial charge in [-0.1, -0.05) is 0 Å². The van der Waals surface area contributed by atoms with Crippen LogP contribution in [0.5, 0.6) is 0 Å². The van der Waals surface area contributed by atoms with Gasteiger partial charge < -0.3 is 9.47 Å². The van der Waals surface area contributed by atoms with E-state index in [-0.39, 0.29) is 11.8 Å². The number of halogens is 1. The number of nitrogens with zero attached hydrogens (tertiary/aromatic N) is 2. The zero-order chi connectivity index (χ0) is 12.7. The summed E-state index contributed by atoms with van der Waals surface area (Å²) in [6.07, 6.45) is 3.49. The standard InChI is InChI=1S/C11H17IN2O3/c1-3-16-10(17-4-2)5-6-14-8-13-7-9(12)11(14)15/h7-8,10H,3-6H2,1-2H3. The van der Waals surface area contributed by atoms with Gasteiger partial charge in [0.05, 0.1) is 9.90 Å². The van der Waals surface area contributed by atoms with Crippen molar-refractivity contribution < 1.29 is 9.47 Å². The van der Waals surface area contributed by atoms with Gasteiger partial charge in [0.25, 0.3) is 5.56 Å². The Morgan fingerprint density at radius 2 is 2.06 bits per heavy atom. The van der Waals surface area contributed by atoms with E-state index in [4.69, 9.17) is 9.47 Å². The van der Waals surface area contributed by atoms with E-state index >= 15 is 0 Å². The molecule has 0 aliphatic rings. The number of rotatable bonds is 7. The van der Waals surface area contributed by atoms with Crippen molar-refractivity contribution in [1.29, 1.82) is 0 Å². The Kier molecular flexibility index (Phi) is 6.68. The Balaban J connectivity index is 2.59. The highest BCUT2D eigenvalue weighted by Crippen LogP contribution is 2.03. The number of aromatic nitrogens is 2. The number of ether oxygens (including phenoxy) is 2. The maximum atomic E-state index is 11.7. The Morgan fingerprint density at radius 1 is 1.41 bits per heavy atom. The van der Waals surface area contributed by atoms with Crippen LogP contribution in [-0.4, -0.2) is 29.1 Å². The Labute approximate surface area is 114 Å². The van der Waals surface area contributed by atoms with Gasteiger partial charge >= 0.3 is 0 Å². The fourth-order valence-corrected chi connectivity index (χ4v) is 1.89. The Morgan fingerprint density at radius 3 is 2.65 bits per heavy atom. The molecule has 0 fully saturated rings. The molecular formula is C11H17IN2O3. The third kappa shape index (κ3) is 4.72. The van der Waals surface area contributed by atoms with Crippen molar-refractivity contribution in [3.63, 3.8) is 0 Å². The molecule has 0 saturated heterocycles. The molecule has 5 nitrogen and oxygen atoms in total. The molecule has 0 aliphatic heterocycles.